The van der Waals surface area contributed by atoms with Gasteiger partial charge in [0.25, 0.3) is 0 Å². The van der Waals surface area contributed by atoms with Gasteiger partial charge in [-0.1, -0.05) is 22.9 Å². The highest BCUT2D eigenvalue weighted by Crippen LogP contribution is 2.39. The van der Waals surface area contributed by atoms with Gasteiger partial charge < -0.3 is 5.32 Å². The van der Waals surface area contributed by atoms with Crippen LogP contribution in [-0.4, -0.2) is 18.1 Å². The lowest BCUT2D eigenvalue weighted by molar-refractivity contribution is 0.509. The molecular formula is C16H18BrFN2S. The Bertz CT molecular complexity index is 641. The van der Waals surface area contributed by atoms with E-state index in [1.807, 2.05) is 6.07 Å². The average molecular weight is 369 g/mol. The molecule has 1 aliphatic carbocycles. The number of thiazole rings is 1. The minimum atomic E-state index is -0.201. The molecule has 112 valence electrons. The van der Waals surface area contributed by atoms with Gasteiger partial charge >= 0.3 is 0 Å². The van der Waals surface area contributed by atoms with E-state index in [-0.39, 0.29) is 5.82 Å². The Morgan fingerprint density at radius 3 is 3.14 bits per heavy atom. The standard InChI is InChI=1S/C16H18BrFN2S/c1-2-19-9-10-4-3-5-14-15(10)20-16(21-14)12-8-11(17)6-7-13(12)18/h6-8,10,19H,2-5,9H2,1H3. The van der Waals surface area contributed by atoms with Crippen molar-refractivity contribution in [2.24, 2.45) is 0 Å². The largest absolute Gasteiger partial charge is 0.316 e. The van der Waals surface area contributed by atoms with Gasteiger partial charge in [-0.05, 0) is 44.0 Å². The van der Waals surface area contributed by atoms with Gasteiger partial charge in [-0.3, -0.25) is 0 Å². The highest BCUT2D eigenvalue weighted by atomic mass is 79.9. The summed E-state index contributed by atoms with van der Waals surface area (Å²) in [6.07, 6.45) is 3.45. The topological polar surface area (TPSA) is 24.9 Å². The van der Waals surface area contributed by atoms with Crippen LogP contribution < -0.4 is 5.32 Å². The van der Waals surface area contributed by atoms with Crippen LogP contribution in [0.25, 0.3) is 10.6 Å². The number of hydrogen-bond donors (Lipinski definition) is 1. The number of halogens is 2. The van der Waals surface area contributed by atoms with Crippen molar-refractivity contribution < 1.29 is 4.39 Å². The average Bonchev–Trinajstić information content (AvgIpc) is 2.92. The predicted octanol–water partition coefficient (Wildman–Crippen LogP) is 4.74. The fraction of sp³-hybridized carbons (Fsp3) is 0.438. The van der Waals surface area contributed by atoms with Crippen molar-refractivity contribution in [1.82, 2.24) is 10.3 Å². The monoisotopic (exact) mass is 368 g/mol. The van der Waals surface area contributed by atoms with Crippen LogP contribution in [0.15, 0.2) is 22.7 Å². The summed E-state index contributed by atoms with van der Waals surface area (Å²) in [5.41, 5.74) is 1.78. The number of benzene rings is 1. The molecule has 0 radical (unpaired) electrons. The van der Waals surface area contributed by atoms with E-state index in [9.17, 15) is 4.39 Å². The second-order valence-corrected chi connectivity index (χ2v) is 7.35. The molecule has 1 heterocycles. The Morgan fingerprint density at radius 2 is 2.33 bits per heavy atom. The number of fused-ring (bicyclic) bond motifs is 1. The number of rotatable bonds is 4. The number of hydrogen-bond acceptors (Lipinski definition) is 3. The summed E-state index contributed by atoms with van der Waals surface area (Å²) in [7, 11) is 0. The van der Waals surface area contributed by atoms with Gasteiger partial charge in [0.05, 0.1) is 5.69 Å². The van der Waals surface area contributed by atoms with Crippen LogP contribution in [0.5, 0.6) is 0 Å². The van der Waals surface area contributed by atoms with Crippen LogP contribution in [0, 0.1) is 5.82 Å². The number of aromatic nitrogens is 1. The SMILES string of the molecule is CCNCC1CCCc2sc(-c3cc(Br)ccc3F)nc21. The summed E-state index contributed by atoms with van der Waals surface area (Å²) in [6, 6.07) is 5.04. The lowest BCUT2D eigenvalue weighted by Gasteiger charge is -2.21. The highest BCUT2D eigenvalue weighted by molar-refractivity contribution is 9.10. The highest BCUT2D eigenvalue weighted by Gasteiger charge is 2.25. The van der Waals surface area contributed by atoms with E-state index in [0.29, 0.717) is 11.5 Å². The maximum Gasteiger partial charge on any atom is 0.133 e. The Morgan fingerprint density at radius 1 is 1.48 bits per heavy atom. The molecule has 2 nitrogen and oxygen atoms in total. The van der Waals surface area contributed by atoms with Crippen LogP contribution in [-0.2, 0) is 6.42 Å². The third-order valence-corrected chi connectivity index (χ3v) is 5.53. The van der Waals surface area contributed by atoms with Gasteiger partial charge in [0.1, 0.15) is 10.8 Å². The molecule has 1 aromatic heterocycles. The molecule has 0 spiro atoms. The maximum absolute atomic E-state index is 14.1. The van der Waals surface area contributed by atoms with Gasteiger partial charge in [0.15, 0.2) is 0 Å². The van der Waals surface area contributed by atoms with Crippen molar-refractivity contribution in [3.63, 3.8) is 0 Å². The fourth-order valence-electron chi connectivity index (χ4n) is 2.80. The lowest BCUT2D eigenvalue weighted by Crippen LogP contribution is -2.23. The van der Waals surface area contributed by atoms with Crippen molar-refractivity contribution in [2.45, 2.75) is 32.1 Å². The minimum absolute atomic E-state index is 0.201. The zero-order valence-electron chi connectivity index (χ0n) is 12.0. The molecule has 1 atom stereocenters. The first kappa shape index (κ1) is 15.1. The minimum Gasteiger partial charge on any atom is -0.316 e. The van der Waals surface area contributed by atoms with E-state index >= 15 is 0 Å². The van der Waals surface area contributed by atoms with Crippen LogP contribution >= 0.6 is 27.3 Å². The predicted molar refractivity (Wildman–Crippen MR) is 89.4 cm³/mol. The molecule has 0 amide bonds. The van der Waals surface area contributed by atoms with E-state index in [4.69, 9.17) is 4.98 Å². The summed E-state index contributed by atoms with van der Waals surface area (Å²) in [5.74, 6) is 0.265. The molecule has 1 N–H and O–H groups in total. The molecule has 1 unspecified atom stereocenters. The van der Waals surface area contributed by atoms with Crippen LogP contribution in [0.2, 0.25) is 0 Å². The maximum atomic E-state index is 14.1. The quantitative estimate of drug-likeness (QED) is 0.842. The zero-order valence-corrected chi connectivity index (χ0v) is 14.4. The Labute approximate surface area is 136 Å². The Kier molecular flexibility index (Phi) is 4.72. The number of likely N-dealkylation sites (N-methyl/N-ethyl adjacent to an activating group) is 1. The molecule has 0 aliphatic heterocycles. The first-order chi connectivity index (χ1) is 10.2. The van der Waals surface area contributed by atoms with Gasteiger partial charge in [0, 0.05) is 27.4 Å². The molecule has 1 aromatic carbocycles. The van der Waals surface area contributed by atoms with Gasteiger partial charge in [0.2, 0.25) is 0 Å². The molecule has 0 bridgehead atoms. The molecule has 2 aromatic rings. The number of nitrogens with zero attached hydrogens (tertiary/aromatic N) is 1. The third-order valence-electron chi connectivity index (χ3n) is 3.87. The second kappa shape index (κ2) is 6.55. The van der Waals surface area contributed by atoms with E-state index in [2.05, 4.69) is 28.2 Å². The Balaban J connectivity index is 1.96. The first-order valence-corrected chi connectivity index (χ1v) is 8.95. The first-order valence-electron chi connectivity index (χ1n) is 7.34. The van der Waals surface area contributed by atoms with Gasteiger partial charge in [-0.2, -0.15) is 0 Å². The van der Waals surface area contributed by atoms with Crippen molar-refractivity contribution in [3.8, 4) is 10.6 Å². The van der Waals surface area contributed by atoms with Gasteiger partial charge in [-0.15, -0.1) is 11.3 Å². The normalized spacial score (nSPS) is 17.8. The molecule has 3 rings (SSSR count). The second-order valence-electron chi connectivity index (χ2n) is 5.35. The summed E-state index contributed by atoms with van der Waals surface area (Å²) < 4.78 is 14.9. The Hall–Kier alpha value is -0.780. The molecular weight excluding hydrogens is 351 g/mol. The summed E-state index contributed by atoms with van der Waals surface area (Å²) in [4.78, 5) is 6.11. The molecule has 21 heavy (non-hydrogen) atoms. The van der Waals surface area contributed by atoms with Crippen molar-refractivity contribution in [3.05, 3.63) is 39.1 Å². The number of nitrogens with one attached hydrogen (secondary N) is 1. The molecule has 1 aliphatic rings. The summed E-state index contributed by atoms with van der Waals surface area (Å²) in [6.45, 7) is 4.06. The van der Waals surface area contributed by atoms with E-state index in [0.717, 1.165) is 29.0 Å². The summed E-state index contributed by atoms with van der Waals surface area (Å²) in [5, 5.41) is 4.22. The van der Waals surface area contributed by atoms with E-state index in [1.54, 1.807) is 17.4 Å². The third kappa shape index (κ3) is 3.20. The fourth-order valence-corrected chi connectivity index (χ4v) is 4.37. The molecule has 5 heteroatoms. The molecule has 0 fully saturated rings. The van der Waals surface area contributed by atoms with E-state index in [1.165, 1.54) is 29.5 Å². The van der Waals surface area contributed by atoms with Crippen LogP contribution in [0.1, 0.15) is 36.3 Å². The molecule has 0 saturated heterocycles. The number of aryl methyl sites for hydroxylation is 1. The lowest BCUT2D eigenvalue weighted by atomic mass is 9.91. The molecule has 0 saturated carbocycles. The van der Waals surface area contributed by atoms with Crippen molar-refractivity contribution >= 4 is 27.3 Å². The zero-order chi connectivity index (χ0) is 14.8. The van der Waals surface area contributed by atoms with Crippen LogP contribution in [0.4, 0.5) is 4.39 Å². The van der Waals surface area contributed by atoms with Crippen LogP contribution in [0.3, 0.4) is 0 Å². The van der Waals surface area contributed by atoms with E-state index < -0.39 is 0 Å². The van der Waals surface area contributed by atoms with Crippen molar-refractivity contribution in [1.29, 1.82) is 0 Å². The summed E-state index contributed by atoms with van der Waals surface area (Å²) >= 11 is 5.06. The van der Waals surface area contributed by atoms with Crippen molar-refractivity contribution in [2.75, 3.05) is 13.1 Å². The smallest absolute Gasteiger partial charge is 0.133 e. The van der Waals surface area contributed by atoms with Gasteiger partial charge in [-0.25, -0.2) is 9.37 Å².